The van der Waals surface area contributed by atoms with E-state index in [4.69, 9.17) is 4.55 Å². The van der Waals surface area contributed by atoms with Gasteiger partial charge in [0.15, 0.2) is 0 Å². The summed E-state index contributed by atoms with van der Waals surface area (Å²) in [6, 6.07) is 20.9. The van der Waals surface area contributed by atoms with Gasteiger partial charge in [-0.15, -0.1) is 0 Å². The van der Waals surface area contributed by atoms with Gasteiger partial charge in [-0.25, -0.2) is 0 Å². The fourth-order valence-electron chi connectivity index (χ4n) is 7.45. The van der Waals surface area contributed by atoms with Gasteiger partial charge in [0.2, 0.25) is 0 Å². The van der Waals surface area contributed by atoms with Crippen molar-refractivity contribution in [3.8, 4) is 0 Å². The molecule has 2 saturated heterocycles. The molecule has 8 nitrogen and oxygen atoms in total. The first-order valence-corrected chi connectivity index (χ1v) is 17.4. The smallest absolute Gasteiger partial charge is 0.265 e. The average Bonchev–Trinajstić information content (AvgIpc) is 3.29. The topological polar surface area (TPSA) is 118 Å². The van der Waals surface area contributed by atoms with Crippen LogP contribution in [0.5, 0.6) is 0 Å². The van der Waals surface area contributed by atoms with Crippen LogP contribution in [-0.4, -0.2) is 82.9 Å². The maximum atomic E-state index is 11.9. The number of likely N-dealkylation sites (tertiary alicyclic amines) is 2. The van der Waals surface area contributed by atoms with E-state index in [-0.39, 0.29) is 29.3 Å². The number of ketones is 1. The maximum Gasteiger partial charge on any atom is 0.265 e. The van der Waals surface area contributed by atoms with Gasteiger partial charge in [-0.3, -0.25) is 19.1 Å². The summed E-state index contributed by atoms with van der Waals surface area (Å²) in [5.41, 5.74) is 1.55. The average molecular weight is 615 g/mol. The van der Waals surface area contributed by atoms with E-state index in [1.165, 1.54) is 11.1 Å². The highest BCUT2D eigenvalue weighted by Gasteiger charge is 2.65. The standard InChI is InChI=1S/2C12H17NO.C10H16O4S/c2*14-12-7-4-8-13(10-12)9-11-5-2-1-3-6-11;1-9(2)7-3-4-10(9,8(11)5-7)6-15(12,13)14/h2*1-3,5-6,12,14H,4,7-10H2;7H,3-6H2,1-2H3,(H,12,13,14)/t2*12-;/m11./s1. The quantitative estimate of drug-likeness (QED) is 0.406. The molecule has 0 radical (unpaired) electrons. The number of fused-ring (bicyclic) bond motifs is 2. The number of hydrogen-bond acceptors (Lipinski definition) is 7. The number of aliphatic hydroxyl groups is 2. The van der Waals surface area contributed by atoms with Gasteiger partial charge in [0.1, 0.15) is 5.78 Å². The molecule has 43 heavy (non-hydrogen) atoms. The Morgan fingerprint density at radius 1 is 0.791 bits per heavy atom. The number of aliphatic hydroxyl groups excluding tert-OH is 2. The number of nitrogens with zero attached hydrogens (tertiary/aromatic N) is 2. The number of piperidine rings is 2. The molecule has 0 spiro atoms. The first kappa shape index (κ1) is 33.7. The molecule has 2 aromatic carbocycles. The number of rotatable bonds is 6. The summed E-state index contributed by atoms with van der Waals surface area (Å²) >= 11 is 0. The highest BCUT2D eigenvalue weighted by atomic mass is 32.2. The second-order valence-electron chi connectivity index (χ2n) is 13.4. The van der Waals surface area contributed by atoms with Crippen molar-refractivity contribution in [1.82, 2.24) is 9.80 Å². The van der Waals surface area contributed by atoms with Crippen LogP contribution in [0.1, 0.15) is 69.9 Å². The number of carbonyl (C=O) groups is 1. The van der Waals surface area contributed by atoms with Crippen molar-refractivity contribution in [1.29, 1.82) is 0 Å². The first-order chi connectivity index (χ1) is 20.4. The summed E-state index contributed by atoms with van der Waals surface area (Å²) in [5, 5.41) is 19.0. The molecule has 2 aromatic rings. The van der Waals surface area contributed by atoms with Crippen LogP contribution >= 0.6 is 0 Å². The number of carbonyl (C=O) groups excluding carboxylic acids is 1. The number of β-amino-alcohol motifs (C(OH)–C–C–N with tert-alkyl or cyclic N) is 2. The van der Waals surface area contributed by atoms with E-state index >= 15 is 0 Å². The maximum absolute atomic E-state index is 11.9. The normalized spacial score (nSPS) is 28.9. The third-order valence-electron chi connectivity index (χ3n) is 10.0. The van der Waals surface area contributed by atoms with Crippen LogP contribution in [0.3, 0.4) is 0 Å². The number of benzene rings is 2. The van der Waals surface area contributed by atoms with Crippen molar-refractivity contribution in [2.45, 2.75) is 84.1 Å². The lowest BCUT2D eigenvalue weighted by molar-refractivity contribution is -0.128. The molecule has 2 bridgehead atoms. The van der Waals surface area contributed by atoms with Gasteiger partial charge < -0.3 is 10.2 Å². The molecule has 3 N–H and O–H groups in total. The van der Waals surface area contributed by atoms with Crippen molar-refractivity contribution in [3.63, 3.8) is 0 Å². The predicted molar refractivity (Wildman–Crippen MR) is 169 cm³/mol. The zero-order valence-electron chi connectivity index (χ0n) is 25.8. The Bertz CT molecular complexity index is 1210. The number of hydrogen-bond donors (Lipinski definition) is 3. The Kier molecular flexibility index (Phi) is 11.6. The molecule has 0 aromatic heterocycles. The van der Waals surface area contributed by atoms with E-state index in [1.54, 1.807) is 0 Å². The summed E-state index contributed by atoms with van der Waals surface area (Å²) in [6.07, 6.45) is 5.90. The summed E-state index contributed by atoms with van der Waals surface area (Å²) in [5.74, 6) is -0.101. The van der Waals surface area contributed by atoms with Gasteiger partial charge in [-0.1, -0.05) is 74.5 Å². The Morgan fingerprint density at radius 3 is 1.60 bits per heavy atom. The van der Waals surface area contributed by atoms with Gasteiger partial charge in [0.25, 0.3) is 10.1 Å². The second-order valence-corrected chi connectivity index (χ2v) is 14.9. The minimum absolute atomic E-state index is 0.0152. The summed E-state index contributed by atoms with van der Waals surface area (Å²) in [7, 11) is -4.08. The lowest BCUT2D eigenvalue weighted by Gasteiger charge is -2.35. The van der Waals surface area contributed by atoms with E-state index < -0.39 is 21.3 Å². The molecule has 4 aliphatic rings. The van der Waals surface area contributed by atoms with E-state index in [0.717, 1.165) is 71.4 Å². The van der Waals surface area contributed by atoms with Crippen molar-refractivity contribution < 1.29 is 28.0 Å². The highest BCUT2D eigenvalue weighted by molar-refractivity contribution is 7.85. The van der Waals surface area contributed by atoms with Gasteiger partial charge in [-0.05, 0) is 74.1 Å². The largest absolute Gasteiger partial charge is 0.392 e. The van der Waals surface area contributed by atoms with Gasteiger partial charge in [0.05, 0.1) is 23.4 Å². The molecule has 2 aliphatic carbocycles. The van der Waals surface area contributed by atoms with Gasteiger partial charge in [-0.2, -0.15) is 8.42 Å². The molecular formula is C34H50N2O6S. The molecule has 2 saturated carbocycles. The lowest BCUT2D eigenvalue weighted by atomic mass is 9.70. The van der Waals surface area contributed by atoms with Crippen LogP contribution in [0.25, 0.3) is 0 Å². The minimum atomic E-state index is -4.08. The Balaban J connectivity index is 0.000000148. The Labute approximate surface area is 257 Å². The van der Waals surface area contributed by atoms with Crippen LogP contribution in [-0.2, 0) is 28.0 Å². The second kappa shape index (κ2) is 14.8. The molecule has 2 unspecified atom stereocenters. The number of Topliss-reactive ketones (excluding diaryl/α,β-unsaturated/α-hetero) is 1. The van der Waals surface area contributed by atoms with Gasteiger partial charge >= 0.3 is 0 Å². The third-order valence-corrected chi connectivity index (χ3v) is 10.9. The summed E-state index contributed by atoms with van der Waals surface area (Å²) < 4.78 is 31.0. The zero-order chi connectivity index (χ0) is 31.1. The van der Waals surface area contributed by atoms with Crippen molar-refractivity contribution in [3.05, 3.63) is 71.8 Å². The van der Waals surface area contributed by atoms with E-state index in [0.29, 0.717) is 12.8 Å². The third kappa shape index (κ3) is 9.19. The van der Waals surface area contributed by atoms with Crippen molar-refractivity contribution in [2.75, 3.05) is 31.9 Å². The molecule has 4 atom stereocenters. The zero-order valence-corrected chi connectivity index (χ0v) is 26.6. The van der Waals surface area contributed by atoms with Crippen LogP contribution in [0.15, 0.2) is 60.7 Å². The fraction of sp³-hybridized carbons (Fsp3) is 0.618. The van der Waals surface area contributed by atoms with Crippen molar-refractivity contribution in [2.24, 2.45) is 16.7 Å². The molecule has 4 fully saturated rings. The van der Waals surface area contributed by atoms with Gasteiger partial charge in [0, 0.05) is 32.6 Å². The van der Waals surface area contributed by atoms with E-state index in [2.05, 4.69) is 58.3 Å². The highest BCUT2D eigenvalue weighted by Crippen LogP contribution is 2.64. The molecule has 238 valence electrons. The lowest BCUT2D eigenvalue weighted by Crippen LogP contribution is -2.42. The van der Waals surface area contributed by atoms with Crippen LogP contribution < -0.4 is 0 Å². The predicted octanol–water partition coefficient (Wildman–Crippen LogP) is 4.56. The molecule has 2 heterocycles. The van der Waals surface area contributed by atoms with Crippen LogP contribution in [0.4, 0.5) is 0 Å². The molecule has 0 amide bonds. The summed E-state index contributed by atoms with van der Waals surface area (Å²) in [4.78, 5) is 16.5. The fourth-order valence-corrected chi connectivity index (χ4v) is 8.75. The minimum Gasteiger partial charge on any atom is -0.392 e. The molecule has 2 aliphatic heterocycles. The molecular weight excluding hydrogens is 564 g/mol. The monoisotopic (exact) mass is 614 g/mol. The van der Waals surface area contributed by atoms with Crippen LogP contribution in [0, 0.1) is 16.7 Å². The summed E-state index contributed by atoms with van der Waals surface area (Å²) in [6.45, 7) is 9.72. The first-order valence-electron chi connectivity index (χ1n) is 15.7. The van der Waals surface area contributed by atoms with E-state index in [1.807, 2.05) is 26.0 Å². The Hall–Kier alpha value is -2.14. The van der Waals surface area contributed by atoms with Crippen LogP contribution in [0.2, 0.25) is 0 Å². The van der Waals surface area contributed by atoms with Crippen molar-refractivity contribution >= 4 is 15.9 Å². The Morgan fingerprint density at radius 2 is 1.26 bits per heavy atom. The molecule has 6 rings (SSSR count). The SMILES string of the molecule is CC1(C)C2CCC1(CS(=O)(=O)O)C(=O)C2.O[C@@H]1CCCN(Cc2ccccc2)C1.O[C@@H]1CCCN(Cc2ccccc2)C1. The molecule has 9 heteroatoms. The van der Waals surface area contributed by atoms with E-state index in [9.17, 15) is 23.4 Å².